The molecule has 3 aromatic heterocycles. The van der Waals surface area contributed by atoms with E-state index in [1.807, 2.05) is 45.2 Å². The third-order valence-corrected chi connectivity index (χ3v) is 9.15. The predicted octanol–water partition coefficient (Wildman–Crippen LogP) is 4.88. The van der Waals surface area contributed by atoms with E-state index in [1.165, 1.54) is 16.2 Å². The maximum Gasteiger partial charge on any atom is 0.321 e. The van der Waals surface area contributed by atoms with Crippen molar-refractivity contribution >= 4 is 48.7 Å². The van der Waals surface area contributed by atoms with E-state index in [9.17, 15) is 13.2 Å². The van der Waals surface area contributed by atoms with Crippen LogP contribution < -0.4 is 15.4 Å². The molecule has 0 radical (unpaired) electrons. The smallest absolute Gasteiger partial charge is 0.321 e. The minimum absolute atomic E-state index is 0.00760. The fraction of sp³-hybridized carbons (Fsp3) is 0.320. The lowest BCUT2D eigenvalue weighted by atomic mass is 10.0. The molecule has 0 bridgehead atoms. The highest BCUT2D eigenvalue weighted by atomic mass is 32.2. The Bertz CT molecular complexity index is 1590. The summed E-state index contributed by atoms with van der Waals surface area (Å²) >= 11 is 1.37. The molecule has 0 saturated heterocycles. The summed E-state index contributed by atoms with van der Waals surface area (Å²) < 4.78 is 27.2. The maximum atomic E-state index is 12.5. The highest BCUT2D eigenvalue weighted by Crippen LogP contribution is 2.39. The Kier molecular flexibility index (Phi) is 6.91. The summed E-state index contributed by atoms with van der Waals surface area (Å²) in [6.07, 6.45) is 4.94. The van der Waals surface area contributed by atoms with Crippen molar-refractivity contribution in [2.75, 3.05) is 16.2 Å². The van der Waals surface area contributed by atoms with Crippen LogP contribution in [0.1, 0.15) is 38.8 Å². The Morgan fingerprint density at radius 3 is 2.27 bits per heavy atom. The summed E-state index contributed by atoms with van der Waals surface area (Å²) in [6.45, 7) is 11.0. The number of thiazole rings is 1. The fourth-order valence-corrected chi connectivity index (χ4v) is 5.24. The third-order valence-electron chi connectivity index (χ3n) is 5.96. The number of sulfonamides is 1. The van der Waals surface area contributed by atoms with Gasteiger partial charge in [-0.25, -0.2) is 28.2 Å². The first-order valence-electron chi connectivity index (χ1n) is 11.6. The van der Waals surface area contributed by atoms with Gasteiger partial charge in [0.25, 0.3) is 0 Å². The number of carbonyl (C=O) groups excluding carboxylic acids is 1. The number of rotatable bonds is 6. The monoisotopic (exact) mass is 539 g/mol. The molecule has 0 saturated carbocycles. The molecular formula is C25H29N7O3S2. The van der Waals surface area contributed by atoms with Gasteiger partial charge in [-0.05, 0) is 76.4 Å². The molecule has 0 spiro atoms. The number of carbonyl (C=O) groups is 1. The number of aryl methyl sites for hydroxylation is 2. The Labute approximate surface area is 220 Å². The molecule has 1 aromatic carbocycles. The van der Waals surface area contributed by atoms with Crippen LogP contribution in [-0.4, -0.2) is 45.7 Å². The second kappa shape index (κ2) is 9.67. The first-order valence-corrected chi connectivity index (χ1v) is 13.9. The van der Waals surface area contributed by atoms with Crippen molar-refractivity contribution in [3.63, 3.8) is 0 Å². The second-order valence-electron chi connectivity index (χ2n) is 9.62. The molecule has 3 heterocycles. The number of benzene rings is 1. The van der Waals surface area contributed by atoms with Crippen molar-refractivity contribution in [1.29, 1.82) is 0 Å². The van der Waals surface area contributed by atoms with Crippen LogP contribution in [0, 0.1) is 13.8 Å². The van der Waals surface area contributed by atoms with Crippen molar-refractivity contribution in [3.05, 3.63) is 47.9 Å². The minimum atomic E-state index is -3.66. The van der Waals surface area contributed by atoms with Gasteiger partial charge in [0.1, 0.15) is 0 Å². The number of fused-ring (bicyclic) bond motifs is 1. The fourth-order valence-electron chi connectivity index (χ4n) is 3.45. The van der Waals surface area contributed by atoms with Gasteiger partial charge in [0, 0.05) is 36.3 Å². The van der Waals surface area contributed by atoms with E-state index < -0.39 is 20.8 Å². The molecule has 0 unspecified atom stereocenters. The normalized spacial score (nSPS) is 12.1. The number of nitrogens with two attached hydrogens (primary N) is 1. The van der Waals surface area contributed by atoms with E-state index in [-0.39, 0.29) is 5.95 Å². The van der Waals surface area contributed by atoms with Crippen LogP contribution in [0.15, 0.2) is 36.8 Å². The topological polar surface area (TPSA) is 144 Å². The van der Waals surface area contributed by atoms with Crippen molar-refractivity contribution in [2.24, 2.45) is 5.73 Å². The van der Waals surface area contributed by atoms with Crippen molar-refractivity contribution in [3.8, 4) is 22.4 Å². The minimum Gasteiger partial charge on any atom is -0.351 e. The van der Waals surface area contributed by atoms with Crippen molar-refractivity contribution in [1.82, 2.24) is 19.9 Å². The van der Waals surface area contributed by atoms with Gasteiger partial charge >= 0.3 is 6.03 Å². The number of urea groups is 1. The van der Waals surface area contributed by atoms with Crippen LogP contribution in [0.2, 0.25) is 0 Å². The summed E-state index contributed by atoms with van der Waals surface area (Å²) in [6, 6.07) is 5.29. The van der Waals surface area contributed by atoms with Gasteiger partial charge in [0.15, 0.2) is 5.13 Å². The highest BCUT2D eigenvalue weighted by molar-refractivity contribution is 7.94. The third kappa shape index (κ3) is 5.25. The number of amides is 2. The molecule has 37 heavy (non-hydrogen) atoms. The molecule has 0 aliphatic carbocycles. The van der Waals surface area contributed by atoms with E-state index in [4.69, 9.17) is 10.7 Å². The van der Waals surface area contributed by atoms with Crippen LogP contribution in [0.3, 0.4) is 0 Å². The number of anilines is 2. The highest BCUT2D eigenvalue weighted by Gasteiger charge is 2.29. The number of hydrogen-bond donors (Lipinski definition) is 2. The Morgan fingerprint density at radius 1 is 1.03 bits per heavy atom. The number of aromatic nitrogens is 4. The summed E-state index contributed by atoms with van der Waals surface area (Å²) in [4.78, 5) is 31.2. The summed E-state index contributed by atoms with van der Waals surface area (Å²) in [7, 11) is -3.66. The molecule has 4 aromatic rings. The van der Waals surface area contributed by atoms with Gasteiger partial charge in [-0.2, -0.15) is 0 Å². The molecule has 0 aliphatic rings. The van der Waals surface area contributed by atoms with Crippen LogP contribution in [0.5, 0.6) is 0 Å². The van der Waals surface area contributed by atoms with E-state index >= 15 is 0 Å². The first kappa shape index (κ1) is 26.4. The van der Waals surface area contributed by atoms with Gasteiger partial charge in [0.2, 0.25) is 16.0 Å². The predicted molar refractivity (Wildman–Crippen MR) is 148 cm³/mol. The molecule has 12 heteroatoms. The lowest BCUT2D eigenvalue weighted by Crippen LogP contribution is -2.35. The number of primary amides is 1. The molecule has 0 fully saturated rings. The lowest BCUT2D eigenvalue weighted by molar-refractivity contribution is 0.254. The van der Waals surface area contributed by atoms with Gasteiger partial charge in [-0.3, -0.25) is 14.6 Å². The molecule has 0 aliphatic heterocycles. The summed E-state index contributed by atoms with van der Waals surface area (Å²) in [5.41, 5.74) is 11.5. The standard InChI is InChI=1S/C25H29N7O3S2/c1-7-32(22(26)33)24-30-20-10-16(9-18(21(20)36-24)19-8-14(2)15(3)11-27-19)17-12-28-23(29-13-17)31-37(34,35)25(4,5)6/h8-13H,7H2,1-6H3,(H2,26,33)(H,28,29,31). The number of nitrogens with zero attached hydrogens (tertiary/aromatic N) is 5. The van der Waals surface area contributed by atoms with Gasteiger partial charge in [-0.1, -0.05) is 11.3 Å². The molecular weight excluding hydrogens is 510 g/mol. The Balaban J connectivity index is 1.84. The van der Waals surface area contributed by atoms with Crippen LogP contribution >= 0.6 is 11.3 Å². The first-order chi connectivity index (χ1) is 17.3. The second-order valence-corrected chi connectivity index (χ2v) is 13.0. The summed E-state index contributed by atoms with van der Waals surface area (Å²) in [5.74, 6) is -0.00760. The average Bonchev–Trinajstić information content (AvgIpc) is 3.23. The number of pyridine rings is 1. The summed E-state index contributed by atoms with van der Waals surface area (Å²) in [5, 5.41) is 0.496. The molecule has 4 rings (SSSR count). The van der Waals surface area contributed by atoms with Gasteiger partial charge in [0.05, 0.1) is 20.7 Å². The number of nitrogens with one attached hydrogen (secondary N) is 1. The Hall–Kier alpha value is -3.64. The average molecular weight is 540 g/mol. The SMILES string of the molecule is CCN(C(N)=O)c1nc2cc(-c3cnc(NS(=O)(=O)C(C)(C)C)nc3)cc(-c3cc(C)c(C)cn3)c2s1. The molecule has 194 valence electrons. The molecule has 3 N–H and O–H groups in total. The van der Waals surface area contributed by atoms with Crippen LogP contribution in [-0.2, 0) is 10.0 Å². The Morgan fingerprint density at radius 2 is 1.70 bits per heavy atom. The van der Waals surface area contributed by atoms with Crippen molar-refractivity contribution in [2.45, 2.75) is 46.3 Å². The van der Waals surface area contributed by atoms with Crippen molar-refractivity contribution < 1.29 is 13.2 Å². The number of hydrogen-bond acceptors (Lipinski definition) is 8. The van der Waals surface area contributed by atoms with E-state index in [0.29, 0.717) is 22.8 Å². The van der Waals surface area contributed by atoms with Crippen LogP contribution in [0.25, 0.3) is 32.6 Å². The van der Waals surface area contributed by atoms with Gasteiger partial charge in [-0.15, -0.1) is 0 Å². The zero-order chi connectivity index (χ0) is 27.1. The van der Waals surface area contributed by atoms with E-state index in [1.54, 1.807) is 33.2 Å². The molecule has 10 nitrogen and oxygen atoms in total. The molecule has 0 atom stereocenters. The van der Waals surface area contributed by atoms with E-state index in [2.05, 4.69) is 19.7 Å². The van der Waals surface area contributed by atoms with E-state index in [0.717, 1.165) is 32.6 Å². The zero-order valence-electron chi connectivity index (χ0n) is 21.5. The molecule has 2 amide bonds. The maximum absolute atomic E-state index is 12.5. The zero-order valence-corrected chi connectivity index (χ0v) is 23.2. The quantitative estimate of drug-likeness (QED) is 0.355. The lowest BCUT2D eigenvalue weighted by Gasteiger charge is -2.19. The van der Waals surface area contributed by atoms with Gasteiger partial charge < -0.3 is 5.73 Å². The largest absolute Gasteiger partial charge is 0.351 e. The van der Waals surface area contributed by atoms with Crippen LogP contribution in [0.4, 0.5) is 15.9 Å².